The molecule has 0 aliphatic heterocycles. The second-order valence-electron chi connectivity index (χ2n) is 5.42. The molecule has 6 nitrogen and oxygen atoms in total. The van der Waals surface area contributed by atoms with Gasteiger partial charge in [0, 0.05) is 18.4 Å². The van der Waals surface area contributed by atoms with Crippen molar-refractivity contribution in [3.63, 3.8) is 0 Å². The molecule has 3 rings (SSSR count). The van der Waals surface area contributed by atoms with Crippen LogP contribution in [0.3, 0.4) is 0 Å². The topological polar surface area (TPSA) is 82.7 Å². The molecule has 3 aromatic rings. The Morgan fingerprint density at radius 2 is 2.13 bits per heavy atom. The Hall–Kier alpha value is -2.89. The molecule has 0 aliphatic rings. The Kier molecular flexibility index (Phi) is 4.23. The fourth-order valence-corrected chi connectivity index (χ4v) is 2.29. The van der Waals surface area contributed by atoms with Crippen LogP contribution in [-0.2, 0) is 0 Å². The van der Waals surface area contributed by atoms with Crippen LogP contribution in [-0.4, -0.2) is 21.0 Å². The highest BCUT2D eigenvalue weighted by Gasteiger charge is 2.11. The van der Waals surface area contributed by atoms with Gasteiger partial charge in [-0.05, 0) is 43.0 Å². The van der Waals surface area contributed by atoms with Crippen molar-refractivity contribution in [3.05, 3.63) is 53.1 Å². The number of anilines is 3. The van der Waals surface area contributed by atoms with Crippen molar-refractivity contribution in [1.82, 2.24) is 15.0 Å². The van der Waals surface area contributed by atoms with Crippen molar-refractivity contribution in [2.75, 3.05) is 10.6 Å². The maximum Gasteiger partial charge on any atom is 0.259 e. The molecule has 3 N–H and O–H groups in total. The lowest BCUT2D eigenvalue weighted by molar-refractivity contribution is 0.760. The maximum absolute atomic E-state index is 12.2. The number of hydrogen-bond acceptors (Lipinski definition) is 5. The van der Waals surface area contributed by atoms with E-state index in [1.807, 2.05) is 30.3 Å². The van der Waals surface area contributed by atoms with Gasteiger partial charge in [0.15, 0.2) is 0 Å². The Bertz CT molecular complexity index is 860. The molecule has 1 atom stereocenters. The van der Waals surface area contributed by atoms with Crippen LogP contribution < -0.4 is 16.2 Å². The lowest BCUT2D eigenvalue weighted by Gasteiger charge is -2.15. The number of rotatable bonds is 5. The average Bonchev–Trinajstić information content (AvgIpc) is 2.55. The third-order valence-corrected chi connectivity index (χ3v) is 3.67. The molecule has 0 saturated carbocycles. The Morgan fingerprint density at radius 1 is 1.26 bits per heavy atom. The molecule has 23 heavy (non-hydrogen) atoms. The molecule has 0 radical (unpaired) electrons. The average molecular weight is 309 g/mol. The van der Waals surface area contributed by atoms with Gasteiger partial charge in [-0.1, -0.05) is 13.0 Å². The van der Waals surface area contributed by atoms with Crippen molar-refractivity contribution in [2.45, 2.75) is 26.3 Å². The van der Waals surface area contributed by atoms with Gasteiger partial charge in [-0.3, -0.25) is 4.79 Å². The SMILES string of the molecule is CCC(C)Nc1nc(Nc2ccccn2)cc2cc[nH]c(=O)c12. The summed E-state index contributed by atoms with van der Waals surface area (Å²) < 4.78 is 0. The summed E-state index contributed by atoms with van der Waals surface area (Å²) >= 11 is 0. The van der Waals surface area contributed by atoms with E-state index in [0.29, 0.717) is 22.8 Å². The van der Waals surface area contributed by atoms with Crippen molar-refractivity contribution >= 4 is 28.2 Å². The van der Waals surface area contributed by atoms with Gasteiger partial charge in [-0.25, -0.2) is 9.97 Å². The number of hydrogen-bond donors (Lipinski definition) is 3. The van der Waals surface area contributed by atoms with Gasteiger partial charge in [-0.2, -0.15) is 0 Å². The lowest BCUT2D eigenvalue weighted by atomic mass is 10.2. The van der Waals surface area contributed by atoms with Gasteiger partial charge < -0.3 is 15.6 Å². The Labute approximate surface area is 134 Å². The van der Waals surface area contributed by atoms with E-state index in [0.717, 1.165) is 11.8 Å². The van der Waals surface area contributed by atoms with E-state index >= 15 is 0 Å². The van der Waals surface area contributed by atoms with Gasteiger partial charge >= 0.3 is 0 Å². The lowest BCUT2D eigenvalue weighted by Crippen LogP contribution is -2.18. The molecule has 0 bridgehead atoms. The number of pyridine rings is 3. The first kappa shape index (κ1) is 15.0. The number of aromatic nitrogens is 3. The third-order valence-electron chi connectivity index (χ3n) is 3.67. The number of H-pyrrole nitrogens is 1. The van der Waals surface area contributed by atoms with E-state index < -0.39 is 0 Å². The summed E-state index contributed by atoms with van der Waals surface area (Å²) in [6.07, 6.45) is 4.29. The number of fused-ring (bicyclic) bond motifs is 1. The summed E-state index contributed by atoms with van der Waals surface area (Å²) in [7, 11) is 0. The highest BCUT2D eigenvalue weighted by molar-refractivity contribution is 5.93. The molecule has 0 fully saturated rings. The molecule has 3 heterocycles. The third kappa shape index (κ3) is 3.31. The molecule has 1 unspecified atom stereocenters. The number of nitrogens with one attached hydrogen (secondary N) is 3. The highest BCUT2D eigenvalue weighted by Crippen LogP contribution is 2.24. The molecule has 0 aromatic carbocycles. The summed E-state index contributed by atoms with van der Waals surface area (Å²) in [4.78, 5) is 23.7. The van der Waals surface area contributed by atoms with E-state index in [1.165, 1.54) is 0 Å². The second kappa shape index (κ2) is 6.48. The summed E-state index contributed by atoms with van der Waals surface area (Å²) in [5.41, 5.74) is -0.148. The molecule has 6 heteroatoms. The van der Waals surface area contributed by atoms with Crippen LogP contribution in [0.1, 0.15) is 20.3 Å². The van der Waals surface area contributed by atoms with Crippen LogP contribution in [0.25, 0.3) is 10.8 Å². The molecule has 0 amide bonds. The van der Waals surface area contributed by atoms with Crippen molar-refractivity contribution in [1.29, 1.82) is 0 Å². The van der Waals surface area contributed by atoms with E-state index in [2.05, 4.69) is 39.4 Å². The number of aromatic amines is 1. The van der Waals surface area contributed by atoms with Gasteiger partial charge in [0.1, 0.15) is 17.5 Å². The Balaban J connectivity index is 2.08. The van der Waals surface area contributed by atoms with Crippen LogP contribution in [0, 0.1) is 0 Å². The number of nitrogens with zero attached hydrogens (tertiary/aromatic N) is 2. The first-order valence-corrected chi connectivity index (χ1v) is 7.64. The van der Waals surface area contributed by atoms with E-state index in [4.69, 9.17) is 0 Å². The summed E-state index contributed by atoms with van der Waals surface area (Å²) in [6, 6.07) is 9.56. The molecular weight excluding hydrogens is 290 g/mol. The van der Waals surface area contributed by atoms with E-state index in [1.54, 1.807) is 12.4 Å². The van der Waals surface area contributed by atoms with Crippen LogP contribution in [0.5, 0.6) is 0 Å². The van der Waals surface area contributed by atoms with Crippen molar-refractivity contribution in [3.8, 4) is 0 Å². The van der Waals surface area contributed by atoms with Crippen LogP contribution >= 0.6 is 0 Å². The van der Waals surface area contributed by atoms with Gasteiger partial charge in [0.05, 0.1) is 5.39 Å². The molecule has 0 aliphatic carbocycles. The maximum atomic E-state index is 12.2. The second-order valence-corrected chi connectivity index (χ2v) is 5.42. The summed E-state index contributed by atoms with van der Waals surface area (Å²) in [5, 5.41) is 7.88. The van der Waals surface area contributed by atoms with E-state index in [9.17, 15) is 4.79 Å². The zero-order valence-corrected chi connectivity index (χ0v) is 13.1. The predicted molar refractivity (Wildman–Crippen MR) is 93.3 cm³/mol. The zero-order valence-electron chi connectivity index (χ0n) is 13.1. The minimum atomic E-state index is -0.148. The van der Waals surface area contributed by atoms with Gasteiger partial charge in [0.25, 0.3) is 5.56 Å². The zero-order chi connectivity index (χ0) is 16.2. The van der Waals surface area contributed by atoms with Gasteiger partial charge in [-0.15, -0.1) is 0 Å². The minimum Gasteiger partial charge on any atom is -0.367 e. The normalized spacial score (nSPS) is 12.1. The smallest absolute Gasteiger partial charge is 0.259 e. The molecular formula is C17H19N5O. The quantitative estimate of drug-likeness (QED) is 0.674. The van der Waals surface area contributed by atoms with Crippen molar-refractivity contribution < 1.29 is 0 Å². The highest BCUT2D eigenvalue weighted by atomic mass is 16.1. The molecule has 0 spiro atoms. The predicted octanol–water partition coefficient (Wildman–Crippen LogP) is 3.27. The van der Waals surface area contributed by atoms with Crippen molar-refractivity contribution in [2.24, 2.45) is 0 Å². The molecule has 3 aromatic heterocycles. The fraction of sp³-hybridized carbons (Fsp3) is 0.235. The standard InChI is InChI=1S/C17H19N5O/c1-3-11(2)20-16-15-12(7-9-19-17(15)23)10-14(22-16)21-13-6-4-5-8-18-13/h4-11H,3H2,1-2H3,(H,19,23)(H2,18,20,21,22). The van der Waals surface area contributed by atoms with Crippen LogP contribution in [0.4, 0.5) is 17.5 Å². The monoisotopic (exact) mass is 309 g/mol. The van der Waals surface area contributed by atoms with Gasteiger partial charge in [0.2, 0.25) is 0 Å². The van der Waals surface area contributed by atoms with Crippen LogP contribution in [0.15, 0.2) is 47.5 Å². The minimum absolute atomic E-state index is 0.148. The first-order valence-electron chi connectivity index (χ1n) is 7.64. The van der Waals surface area contributed by atoms with Crippen LogP contribution in [0.2, 0.25) is 0 Å². The molecule has 0 saturated heterocycles. The fourth-order valence-electron chi connectivity index (χ4n) is 2.29. The molecule has 118 valence electrons. The largest absolute Gasteiger partial charge is 0.367 e. The van der Waals surface area contributed by atoms with E-state index in [-0.39, 0.29) is 11.6 Å². The summed E-state index contributed by atoms with van der Waals surface area (Å²) in [5.74, 6) is 1.93. The summed E-state index contributed by atoms with van der Waals surface area (Å²) in [6.45, 7) is 4.14. The Morgan fingerprint density at radius 3 is 2.87 bits per heavy atom. The first-order chi connectivity index (χ1) is 11.2.